The van der Waals surface area contributed by atoms with Gasteiger partial charge in [0.1, 0.15) is 0 Å². The molecule has 18 heavy (non-hydrogen) atoms. The molecule has 0 saturated heterocycles. The lowest BCUT2D eigenvalue weighted by Crippen LogP contribution is -1.93. The van der Waals surface area contributed by atoms with Gasteiger partial charge in [0.2, 0.25) is 0 Å². The van der Waals surface area contributed by atoms with Crippen LogP contribution in [0.1, 0.15) is 13.8 Å². The van der Waals surface area contributed by atoms with Crippen molar-refractivity contribution in [3.05, 3.63) is 48.5 Å². The Kier molecular flexibility index (Phi) is 3.38. The second-order valence-electron chi connectivity index (χ2n) is 4.03. The van der Waals surface area contributed by atoms with Gasteiger partial charge in [-0.15, -0.1) is 0 Å². The Balaban J connectivity index is 0.000000574. The van der Waals surface area contributed by atoms with Gasteiger partial charge in [0.05, 0.1) is 11.4 Å². The Morgan fingerprint density at radius 1 is 0.611 bits per heavy atom. The van der Waals surface area contributed by atoms with Crippen LogP contribution in [0.15, 0.2) is 48.5 Å². The van der Waals surface area contributed by atoms with Gasteiger partial charge in [-0.3, -0.25) is 0 Å². The lowest BCUT2D eigenvalue weighted by atomic mass is 10.0. The van der Waals surface area contributed by atoms with E-state index < -0.39 is 0 Å². The lowest BCUT2D eigenvalue weighted by Gasteiger charge is -2.05. The first-order chi connectivity index (χ1) is 8.74. The van der Waals surface area contributed by atoms with E-state index in [0.717, 1.165) is 10.8 Å². The summed E-state index contributed by atoms with van der Waals surface area (Å²) in [6, 6.07) is 16.4. The number of nitrogen functional groups attached to an aromatic ring is 2. The Morgan fingerprint density at radius 3 is 1.39 bits per heavy atom. The highest BCUT2D eigenvalue weighted by Gasteiger charge is 2.01. The highest BCUT2D eigenvalue weighted by Crippen LogP contribution is 2.27. The minimum absolute atomic E-state index is 0.641. The quantitative estimate of drug-likeness (QED) is 0.456. The van der Waals surface area contributed by atoms with E-state index in [9.17, 15) is 0 Å². The van der Waals surface area contributed by atoms with E-state index in [0.29, 0.717) is 11.4 Å². The van der Waals surface area contributed by atoms with Crippen LogP contribution in [0.4, 0.5) is 11.4 Å². The third kappa shape index (κ3) is 2.09. The summed E-state index contributed by atoms with van der Waals surface area (Å²) in [6.45, 7) is 4.00. The molecule has 0 bridgehead atoms. The van der Waals surface area contributed by atoms with Gasteiger partial charge in [0, 0.05) is 0 Å². The molecule has 3 aromatic rings. The molecule has 0 saturated carbocycles. The largest absolute Gasteiger partial charge is 0.397 e. The van der Waals surface area contributed by atoms with Gasteiger partial charge in [0.15, 0.2) is 0 Å². The topological polar surface area (TPSA) is 52.0 Å². The van der Waals surface area contributed by atoms with Crippen LogP contribution in [0.25, 0.3) is 21.5 Å². The molecule has 0 aliphatic carbocycles. The monoisotopic (exact) mass is 238 g/mol. The SMILES string of the molecule is CC.Nc1cc2cc3ccccc3cc2cc1N. The van der Waals surface area contributed by atoms with Crippen molar-refractivity contribution in [2.45, 2.75) is 13.8 Å². The Morgan fingerprint density at radius 2 is 1.00 bits per heavy atom. The summed E-state index contributed by atoms with van der Waals surface area (Å²) in [5.41, 5.74) is 12.9. The normalized spacial score (nSPS) is 10.1. The molecular weight excluding hydrogens is 220 g/mol. The number of hydrogen-bond donors (Lipinski definition) is 2. The van der Waals surface area contributed by atoms with Gasteiger partial charge in [-0.2, -0.15) is 0 Å². The van der Waals surface area contributed by atoms with E-state index >= 15 is 0 Å². The van der Waals surface area contributed by atoms with Crippen molar-refractivity contribution >= 4 is 32.9 Å². The van der Waals surface area contributed by atoms with Crippen molar-refractivity contribution in [2.24, 2.45) is 0 Å². The van der Waals surface area contributed by atoms with Crippen LogP contribution in [-0.2, 0) is 0 Å². The molecule has 4 N–H and O–H groups in total. The molecule has 0 atom stereocenters. The molecule has 92 valence electrons. The van der Waals surface area contributed by atoms with Gasteiger partial charge in [-0.25, -0.2) is 0 Å². The summed E-state index contributed by atoms with van der Waals surface area (Å²) >= 11 is 0. The fourth-order valence-electron chi connectivity index (χ4n) is 2.03. The van der Waals surface area contributed by atoms with Gasteiger partial charge in [0.25, 0.3) is 0 Å². The zero-order valence-electron chi connectivity index (χ0n) is 10.8. The summed E-state index contributed by atoms with van der Waals surface area (Å²) < 4.78 is 0. The van der Waals surface area contributed by atoms with Crippen molar-refractivity contribution < 1.29 is 0 Å². The minimum Gasteiger partial charge on any atom is -0.397 e. The summed E-state index contributed by atoms with van der Waals surface area (Å²) in [5.74, 6) is 0. The van der Waals surface area contributed by atoms with Gasteiger partial charge in [-0.05, 0) is 45.8 Å². The van der Waals surface area contributed by atoms with Crippen LogP contribution in [-0.4, -0.2) is 0 Å². The zero-order chi connectivity index (χ0) is 13.1. The molecule has 0 heterocycles. The lowest BCUT2D eigenvalue weighted by molar-refractivity contribution is 1.50. The summed E-state index contributed by atoms with van der Waals surface area (Å²) in [6.07, 6.45) is 0. The molecule has 0 aromatic heterocycles. The molecule has 0 radical (unpaired) electrons. The van der Waals surface area contributed by atoms with Crippen LogP contribution in [0.3, 0.4) is 0 Å². The summed E-state index contributed by atoms with van der Waals surface area (Å²) in [5, 5.41) is 4.70. The Bertz CT molecular complexity index is 627. The van der Waals surface area contributed by atoms with Crippen LogP contribution in [0.5, 0.6) is 0 Å². The predicted molar refractivity (Wildman–Crippen MR) is 81.6 cm³/mol. The molecule has 3 rings (SSSR count). The second kappa shape index (κ2) is 4.96. The van der Waals surface area contributed by atoms with E-state index in [1.807, 2.05) is 38.1 Å². The zero-order valence-corrected chi connectivity index (χ0v) is 10.8. The van der Waals surface area contributed by atoms with Crippen LogP contribution < -0.4 is 11.5 Å². The maximum Gasteiger partial charge on any atom is 0.0554 e. The van der Waals surface area contributed by atoms with Gasteiger partial charge >= 0.3 is 0 Å². The van der Waals surface area contributed by atoms with E-state index in [2.05, 4.69) is 24.3 Å². The Hall–Kier alpha value is -2.22. The number of rotatable bonds is 0. The molecule has 0 unspecified atom stereocenters. The molecule has 0 aliphatic heterocycles. The highest BCUT2D eigenvalue weighted by molar-refractivity contribution is 6.01. The van der Waals surface area contributed by atoms with Crippen molar-refractivity contribution in [1.29, 1.82) is 0 Å². The maximum atomic E-state index is 5.80. The first-order valence-electron chi connectivity index (χ1n) is 6.21. The minimum atomic E-state index is 0.641. The average molecular weight is 238 g/mol. The fourth-order valence-corrected chi connectivity index (χ4v) is 2.03. The van der Waals surface area contributed by atoms with Crippen LogP contribution >= 0.6 is 0 Å². The van der Waals surface area contributed by atoms with Crippen molar-refractivity contribution in [3.63, 3.8) is 0 Å². The molecule has 2 nitrogen and oxygen atoms in total. The maximum absolute atomic E-state index is 5.80. The molecule has 0 amide bonds. The smallest absolute Gasteiger partial charge is 0.0554 e. The van der Waals surface area contributed by atoms with E-state index in [1.165, 1.54) is 10.8 Å². The average Bonchev–Trinajstić information content (AvgIpc) is 2.40. The molecule has 0 spiro atoms. The van der Waals surface area contributed by atoms with E-state index in [-0.39, 0.29) is 0 Å². The number of hydrogen-bond acceptors (Lipinski definition) is 2. The van der Waals surface area contributed by atoms with Crippen molar-refractivity contribution in [3.8, 4) is 0 Å². The second-order valence-corrected chi connectivity index (χ2v) is 4.03. The van der Waals surface area contributed by atoms with Crippen molar-refractivity contribution in [1.82, 2.24) is 0 Å². The van der Waals surface area contributed by atoms with Gasteiger partial charge in [-0.1, -0.05) is 38.1 Å². The summed E-state index contributed by atoms with van der Waals surface area (Å²) in [4.78, 5) is 0. The third-order valence-corrected chi connectivity index (χ3v) is 2.91. The van der Waals surface area contributed by atoms with E-state index in [1.54, 1.807) is 0 Å². The standard InChI is InChI=1S/C14H12N2.C2H6/c15-13-7-11-5-9-3-1-2-4-10(9)6-12(11)8-14(13)16;1-2/h1-8H,15-16H2;1-2H3. The summed E-state index contributed by atoms with van der Waals surface area (Å²) in [7, 11) is 0. The molecule has 0 aliphatic rings. The molecule has 0 fully saturated rings. The number of anilines is 2. The van der Waals surface area contributed by atoms with Crippen LogP contribution in [0, 0.1) is 0 Å². The highest BCUT2D eigenvalue weighted by atomic mass is 14.7. The molecule has 3 aromatic carbocycles. The first kappa shape index (κ1) is 12.2. The first-order valence-corrected chi connectivity index (χ1v) is 6.21. The number of nitrogens with two attached hydrogens (primary N) is 2. The van der Waals surface area contributed by atoms with Crippen LogP contribution in [0.2, 0.25) is 0 Å². The van der Waals surface area contributed by atoms with E-state index in [4.69, 9.17) is 11.5 Å². The third-order valence-electron chi connectivity index (χ3n) is 2.91. The number of benzene rings is 3. The predicted octanol–water partition coefficient (Wildman–Crippen LogP) is 4.18. The Labute approximate surface area is 107 Å². The van der Waals surface area contributed by atoms with Crippen molar-refractivity contribution in [2.75, 3.05) is 11.5 Å². The fraction of sp³-hybridized carbons (Fsp3) is 0.125. The molecular formula is C16H18N2. The van der Waals surface area contributed by atoms with Gasteiger partial charge < -0.3 is 11.5 Å². The number of fused-ring (bicyclic) bond motifs is 2. The molecule has 2 heteroatoms.